The average molecular weight is 1180 g/mol. The number of esters is 2. The Hall–Kier alpha value is -9.12. The molecule has 14 nitrogen and oxygen atoms in total. The second kappa shape index (κ2) is 26.6. The summed E-state index contributed by atoms with van der Waals surface area (Å²) in [6, 6.07) is 41.5. The molecule has 0 radical (unpaired) electrons. The Balaban J connectivity index is 0.000000219. The van der Waals surface area contributed by atoms with Gasteiger partial charge in [0.1, 0.15) is 49.5 Å². The third-order valence-electron chi connectivity index (χ3n) is 17.3. The fourth-order valence-corrected chi connectivity index (χ4v) is 13.1. The molecule has 0 unspecified atom stereocenters. The normalized spacial score (nSPS) is 20.2. The number of aromatic nitrogens is 1. The largest absolute Gasteiger partial charge is 0.460 e. The maximum Gasteiger partial charge on any atom is 0.410 e. The van der Waals surface area contributed by atoms with Gasteiger partial charge in [-0.2, -0.15) is 0 Å². The van der Waals surface area contributed by atoms with Crippen molar-refractivity contribution in [1.82, 2.24) is 19.7 Å². The number of hydrogen-bond donors (Lipinski definition) is 1. The van der Waals surface area contributed by atoms with E-state index in [1.807, 2.05) is 91.0 Å². The standard InChI is InChI=1S/C46H45F2N3O6.C24H24FNO4/c1-28-17-19-50(45(53)55-26-30-9-5-3-6-10-30)41(28)25-39-36-16-14-34(48)23-40(36)49-44(39)38-22-32-21-33(47)13-15-35(32)37(38)24-42-43(57-29(2)52)18-20-51(42)46(54)56-27-31-11-7-4-8-12-31;1-16(27)30-23-11-12-26(24(28)29-15-17-5-3-2-4-6-17)22(23)14-19-8-7-18-13-20(25)9-10-21(18)19/h3-16,21,23,28,41-43,49H,17-20,22,24-27H2,1-2H3;2-6,8-10,13,22-23H,7,11-12,14-15H2,1H3/t28-,41+,42+,43-;22-,23+/m01/s1. The summed E-state index contributed by atoms with van der Waals surface area (Å²) < 4.78 is 71.7. The van der Waals surface area contributed by atoms with Gasteiger partial charge in [0.05, 0.1) is 12.1 Å². The van der Waals surface area contributed by atoms with Gasteiger partial charge in [0, 0.05) is 75.4 Å². The van der Waals surface area contributed by atoms with Crippen LogP contribution in [0.1, 0.15) is 103 Å². The summed E-state index contributed by atoms with van der Waals surface area (Å²) in [5, 5.41) is 0.821. The molecule has 1 aromatic heterocycles. The highest BCUT2D eigenvalue weighted by molar-refractivity contribution is 6.01. The van der Waals surface area contributed by atoms with Crippen molar-refractivity contribution in [2.75, 3.05) is 19.6 Å². The van der Waals surface area contributed by atoms with E-state index in [1.165, 1.54) is 44.2 Å². The minimum atomic E-state index is -0.601. The molecule has 1 N–H and O–H groups in total. The van der Waals surface area contributed by atoms with Crippen LogP contribution in [0.2, 0.25) is 0 Å². The molecule has 450 valence electrons. The van der Waals surface area contributed by atoms with E-state index in [0.717, 1.165) is 78.7 Å². The van der Waals surface area contributed by atoms with Crippen LogP contribution < -0.4 is 0 Å². The second-order valence-electron chi connectivity index (χ2n) is 23.0. The summed E-state index contributed by atoms with van der Waals surface area (Å²) in [6.07, 6.45) is 3.83. The van der Waals surface area contributed by atoms with Gasteiger partial charge in [0.25, 0.3) is 0 Å². The molecule has 3 saturated heterocycles. The number of carbonyl (C=O) groups is 5. The van der Waals surface area contributed by atoms with Gasteiger partial charge in [0.2, 0.25) is 0 Å². The number of benzene rings is 6. The highest BCUT2D eigenvalue weighted by Gasteiger charge is 2.44. The molecule has 3 amide bonds. The van der Waals surface area contributed by atoms with Crippen molar-refractivity contribution < 1.29 is 60.8 Å². The van der Waals surface area contributed by atoms with E-state index in [0.29, 0.717) is 63.7 Å². The molecule has 12 rings (SSSR count). The van der Waals surface area contributed by atoms with Crippen LogP contribution in [0.4, 0.5) is 27.6 Å². The first kappa shape index (κ1) is 59.6. The SMILES string of the molecule is CC(=O)O[C@H]1CCN(C(=O)OCc2ccccc2)[C@@H]1CC1=C(c2[nH]c3cc(F)ccc3c2C[C@@H]2[C@@H](C)CCN2C(=O)OCc2ccccc2)Cc2cc(F)ccc21.CC(=O)O[C@H]1CCN(C(=O)OCc2ccccc2)[C@@H]1CC1=CCc2cc(F)ccc21. The maximum absolute atomic E-state index is 14.9. The van der Waals surface area contributed by atoms with Crippen LogP contribution in [0, 0.1) is 23.4 Å². The number of ether oxygens (including phenoxy) is 5. The molecule has 4 heterocycles. The first-order valence-electron chi connectivity index (χ1n) is 29.7. The van der Waals surface area contributed by atoms with Crippen LogP contribution in [-0.2, 0) is 72.4 Å². The molecule has 6 aromatic carbocycles. The van der Waals surface area contributed by atoms with E-state index in [2.05, 4.69) is 18.0 Å². The molecule has 3 aliphatic heterocycles. The van der Waals surface area contributed by atoms with Gasteiger partial charge in [-0.25, -0.2) is 27.6 Å². The minimum absolute atomic E-state index is 0.0859. The first-order valence-corrected chi connectivity index (χ1v) is 29.7. The minimum Gasteiger partial charge on any atom is -0.460 e. The van der Waals surface area contributed by atoms with E-state index in [4.69, 9.17) is 23.7 Å². The summed E-state index contributed by atoms with van der Waals surface area (Å²) in [6.45, 7) is 6.61. The number of halogens is 3. The zero-order valence-corrected chi connectivity index (χ0v) is 48.9. The Morgan fingerprint density at radius 2 is 1.00 bits per heavy atom. The lowest BCUT2D eigenvalue weighted by Crippen LogP contribution is -2.41. The molecule has 17 heteroatoms. The first-order chi connectivity index (χ1) is 42.1. The zero-order valence-electron chi connectivity index (χ0n) is 48.9. The Morgan fingerprint density at radius 1 is 0.529 bits per heavy atom. The molecular formula is C70H69F3N4O10. The van der Waals surface area contributed by atoms with Crippen molar-refractivity contribution in [2.24, 2.45) is 5.92 Å². The summed E-state index contributed by atoms with van der Waals surface area (Å²) in [5.41, 5.74) is 11.2. The lowest BCUT2D eigenvalue weighted by atomic mass is 9.90. The smallest absolute Gasteiger partial charge is 0.410 e. The van der Waals surface area contributed by atoms with E-state index in [9.17, 15) is 37.1 Å². The van der Waals surface area contributed by atoms with Crippen LogP contribution in [0.3, 0.4) is 0 Å². The maximum atomic E-state index is 14.9. The highest BCUT2D eigenvalue weighted by Crippen LogP contribution is 2.46. The van der Waals surface area contributed by atoms with Crippen molar-refractivity contribution in [1.29, 1.82) is 0 Å². The van der Waals surface area contributed by atoms with Crippen molar-refractivity contribution in [3.63, 3.8) is 0 Å². The van der Waals surface area contributed by atoms with Crippen molar-refractivity contribution >= 4 is 57.8 Å². The number of aromatic amines is 1. The number of nitrogens with zero attached hydrogens (tertiary/aromatic N) is 3. The lowest BCUT2D eigenvalue weighted by Gasteiger charge is -2.29. The van der Waals surface area contributed by atoms with E-state index >= 15 is 0 Å². The molecule has 7 aromatic rings. The quantitative estimate of drug-likeness (QED) is 0.0774. The molecule has 0 spiro atoms. The van der Waals surface area contributed by atoms with Crippen LogP contribution in [0.5, 0.6) is 0 Å². The van der Waals surface area contributed by atoms with Crippen molar-refractivity contribution in [3.8, 4) is 0 Å². The number of H-pyrrole nitrogens is 1. The topological polar surface area (TPSA) is 157 Å². The van der Waals surface area contributed by atoms with Gasteiger partial charge in [-0.3, -0.25) is 9.59 Å². The Bertz CT molecular complexity index is 3740. The third-order valence-corrected chi connectivity index (χ3v) is 17.3. The number of amides is 3. The average Bonchev–Trinajstić information content (AvgIpc) is 1.80. The van der Waals surface area contributed by atoms with Gasteiger partial charge in [-0.15, -0.1) is 0 Å². The third kappa shape index (κ3) is 13.8. The summed E-state index contributed by atoms with van der Waals surface area (Å²) in [7, 11) is 0. The molecule has 0 saturated carbocycles. The number of hydrogen-bond acceptors (Lipinski definition) is 10. The summed E-state index contributed by atoms with van der Waals surface area (Å²) in [5.74, 6) is -1.70. The Labute approximate surface area is 503 Å². The zero-order chi connectivity index (χ0) is 60.7. The molecule has 2 aliphatic carbocycles. The summed E-state index contributed by atoms with van der Waals surface area (Å²) in [4.78, 5) is 72.7. The molecule has 3 fully saturated rings. The second-order valence-corrected chi connectivity index (χ2v) is 23.0. The Kier molecular flexibility index (Phi) is 18.3. The fourth-order valence-electron chi connectivity index (χ4n) is 13.1. The van der Waals surface area contributed by atoms with Crippen molar-refractivity contribution in [3.05, 3.63) is 219 Å². The predicted octanol–water partition coefficient (Wildman–Crippen LogP) is 13.7. The molecule has 0 bridgehead atoms. The molecule has 5 aliphatic rings. The number of allylic oxidation sites excluding steroid dienone is 2. The van der Waals surface area contributed by atoms with Gasteiger partial charge in [-0.1, -0.05) is 116 Å². The number of nitrogens with one attached hydrogen (secondary N) is 1. The van der Waals surface area contributed by atoms with Gasteiger partial charge >= 0.3 is 30.2 Å². The Morgan fingerprint density at radius 3 is 1.54 bits per heavy atom. The van der Waals surface area contributed by atoms with Crippen LogP contribution in [-0.4, -0.2) is 99.9 Å². The van der Waals surface area contributed by atoms with Crippen LogP contribution in [0.25, 0.3) is 27.6 Å². The fraction of sp³-hybridized carbons (Fsp3) is 0.329. The monoisotopic (exact) mass is 1180 g/mol. The van der Waals surface area contributed by atoms with E-state index in [-0.39, 0.29) is 67.9 Å². The van der Waals surface area contributed by atoms with Gasteiger partial charge < -0.3 is 43.4 Å². The van der Waals surface area contributed by atoms with Crippen LogP contribution >= 0.6 is 0 Å². The van der Waals surface area contributed by atoms with E-state index < -0.39 is 42.2 Å². The van der Waals surface area contributed by atoms with Crippen molar-refractivity contribution in [2.45, 2.75) is 122 Å². The van der Waals surface area contributed by atoms with Gasteiger partial charge in [0.15, 0.2) is 0 Å². The van der Waals surface area contributed by atoms with Gasteiger partial charge in [-0.05, 0) is 142 Å². The molecular weight excluding hydrogens is 1110 g/mol. The number of fused-ring (bicyclic) bond motifs is 3. The molecule has 87 heavy (non-hydrogen) atoms. The van der Waals surface area contributed by atoms with Crippen LogP contribution in [0.15, 0.2) is 152 Å². The number of likely N-dealkylation sites (tertiary alicyclic amines) is 3. The lowest BCUT2D eigenvalue weighted by molar-refractivity contribution is -0.148. The highest BCUT2D eigenvalue weighted by atomic mass is 19.1. The summed E-state index contributed by atoms with van der Waals surface area (Å²) >= 11 is 0. The van der Waals surface area contributed by atoms with E-state index in [1.54, 1.807) is 39.0 Å². The number of carbonyl (C=O) groups excluding carboxylic acids is 5. The molecule has 6 atom stereocenters. The number of rotatable bonds is 15. The predicted molar refractivity (Wildman–Crippen MR) is 322 cm³/mol.